The first-order valence-corrected chi connectivity index (χ1v) is 11.0. The lowest BCUT2D eigenvalue weighted by Crippen LogP contribution is -2.50. The van der Waals surface area contributed by atoms with Gasteiger partial charge >= 0.3 is 5.97 Å². The molecule has 6 unspecified atom stereocenters. The van der Waals surface area contributed by atoms with E-state index in [9.17, 15) is 9.59 Å². The molecule has 5 rings (SSSR count). The van der Waals surface area contributed by atoms with Gasteiger partial charge in [0.1, 0.15) is 17.4 Å². The Hall–Kier alpha value is -2.22. The molecule has 2 aliphatic carbocycles. The van der Waals surface area contributed by atoms with Gasteiger partial charge in [0, 0.05) is 22.6 Å². The molecule has 7 nitrogen and oxygen atoms in total. The van der Waals surface area contributed by atoms with Gasteiger partial charge in [0.05, 0.1) is 17.8 Å². The van der Waals surface area contributed by atoms with Crippen molar-refractivity contribution in [1.82, 2.24) is 10.1 Å². The van der Waals surface area contributed by atoms with Crippen LogP contribution in [0.4, 0.5) is 5.13 Å². The highest BCUT2D eigenvalue weighted by molar-refractivity contribution is 7.15. The van der Waals surface area contributed by atoms with E-state index in [1.54, 1.807) is 18.3 Å². The Labute approximate surface area is 173 Å². The molecule has 0 bridgehead atoms. The number of rotatable bonds is 2. The number of thiazole rings is 1. The number of amides is 1. The van der Waals surface area contributed by atoms with Crippen LogP contribution in [0.1, 0.15) is 66.2 Å². The number of anilines is 1. The van der Waals surface area contributed by atoms with Crippen LogP contribution in [0.5, 0.6) is 0 Å². The molecule has 0 radical (unpaired) electrons. The van der Waals surface area contributed by atoms with Crippen LogP contribution >= 0.6 is 11.3 Å². The third-order valence-electron chi connectivity index (χ3n) is 7.37. The first kappa shape index (κ1) is 18.8. The Morgan fingerprint density at radius 2 is 2.14 bits per heavy atom. The molecule has 8 heteroatoms. The Bertz CT molecular complexity index is 998. The van der Waals surface area contributed by atoms with E-state index in [-0.39, 0.29) is 41.1 Å². The number of fused-ring (bicyclic) bond motifs is 4. The maximum absolute atomic E-state index is 12.5. The van der Waals surface area contributed by atoms with Gasteiger partial charge in [0.15, 0.2) is 5.13 Å². The highest BCUT2D eigenvalue weighted by atomic mass is 32.1. The lowest BCUT2D eigenvalue weighted by atomic mass is 9.54. The first-order chi connectivity index (χ1) is 13.8. The van der Waals surface area contributed by atoms with Gasteiger partial charge in [0.2, 0.25) is 0 Å². The molecule has 154 valence electrons. The van der Waals surface area contributed by atoms with Crippen LogP contribution in [0.2, 0.25) is 0 Å². The Balaban J connectivity index is 1.44. The molecular weight excluding hydrogens is 390 g/mol. The fraction of sp³-hybridized carbons (Fsp3) is 0.619. The summed E-state index contributed by atoms with van der Waals surface area (Å²) >= 11 is 1.55. The van der Waals surface area contributed by atoms with Crippen molar-refractivity contribution in [2.75, 3.05) is 5.32 Å². The molecule has 2 aromatic rings. The molecule has 3 heterocycles. The molecule has 1 saturated carbocycles. The molecular formula is C21H25N3O4S. The summed E-state index contributed by atoms with van der Waals surface area (Å²) in [5, 5.41) is 7.17. The highest BCUT2D eigenvalue weighted by Crippen LogP contribution is 2.59. The molecule has 1 aliphatic heterocycles. The van der Waals surface area contributed by atoms with Crippen molar-refractivity contribution in [2.45, 2.75) is 59.0 Å². The molecule has 3 aliphatic rings. The summed E-state index contributed by atoms with van der Waals surface area (Å²) in [6, 6.07) is 0. The number of aromatic nitrogens is 2. The Morgan fingerprint density at radius 1 is 1.34 bits per heavy atom. The zero-order valence-corrected chi connectivity index (χ0v) is 17.8. The van der Waals surface area contributed by atoms with E-state index in [4.69, 9.17) is 14.2 Å². The lowest BCUT2D eigenvalue weighted by Gasteiger charge is -2.51. The van der Waals surface area contributed by atoms with Crippen molar-refractivity contribution in [1.29, 1.82) is 0 Å². The van der Waals surface area contributed by atoms with E-state index in [0.717, 1.165) is 25.0 Å². The summed E-state index contributed by atoms with van der Waals surface area (Å²) in [5.74, 6) is 0.887. The summed E-state index contributed by atoms with van der Waals surface area (Å²) < 4.78 is 10.9. The third kappa shape index (κ3) is 2.75. The summed E-state index contributed by atoms with van der Waals surface area (Å²) in [5.41, 5.74) is 1.53. The van der Waals surface area contributed by atoms with E-state index in [0.29, 0.717) is 22.4 Å². The van der Waals surface area contributed by atoms with Crippen molar-refractivity contribution < 1.29 is 18.8 Å². The van der Waals surface area contributed by atoms with Crippen molar-refractivity contribution in [3.63, 3.8) is 0 Å². The van der Waals surface area contributed by atoms with Gasteiger partial charge in [-0.2, -0.15) is 0 Å². The number of hydrogen-bond donors (Lipinski definition) is 1. The van der Waals surface area contributed by atoms with Crippen LogP contribution in [0.3, 0.4) is 0 Å². The highest BCUT2D eigenvalue weighted by Gasteiger charge is 2.58. The van der Waals surface area contributed by atoms with E-state index in [1.807, 2.05) is 6.92 Å². The number of nitrogens with zero attached hydrogens (tertiary/aromatic N) is 2. The largest absolute Gasteiger partial charge is 0.461 e. The van der Waals surface area contributed by atoms with Crippen molar-refractivity contribution >= 4 is 28.3 Å². The number of carbonyl (C=O) groups excluding carboxylic acids is 2. The van der Waals surface area contributed by atoms with E-state index in [2.05, 4.69) is 24.3 Å². The topological polar surface area (TPSA) is 94.3 Å². The number of aryl methyl sites for hydroxylation is 1. The summed E-state index contributed by atoms with van der Waals surface area (Å²) in [4.78, 5) is 30.8. The fourth-order valence-corrected chi connectivity index (χ4v) is 7.07. The average molecular weight is 416 g/mol. The van der Waals surface area contributed by atoms with Gasteiger partial charge in [-0.3, -0.25) is 14.9 Å². The maximum Gasteiger partial charge on any atom is 0.309 e. The van der Waals surface area contributed by atoms with Crippen LogP contribution in [0, 0.1) is 30.1 Å². The third-order valence-corrected chi connectivity index (χ3v) is 8.36. The minimum absolute atomic E-state index is 0.0183. The molecule has 29 heavy (non-hydrogen) atoms. The second kappa shape index (κ2) is 6.39. The number of nitrogens with one attached hydrogen (secondary N) is 1. The average Bonchev–Trinajstić information content (AvgIpc) is 3.33. The number of hydrogen-bond acceptors (Lipinski definition) is 7. The lowest BCUT2D eigenvalue weighted by molar-refractivity contribution is -0.149. The molecule has 2 aromatic heterocycles. The zero-order valence-electron chi connectivity index (χ0n) is 17.0. The zero-order chi connectivity index (χ0) is 20.5. The van der Waals surface area contributed by atoms with Gasteiger partial charge in [-0.15, -0.1) is 11.3 Å². The van der Waals surface area contributed by atoms with Gasteiger partial charge in [-0.1, -0.05) is 25.9 Å². The van der Waals surface area contributed by atoms with E-state index < -0.39 is 0 Å². The van der Waals surface area contributed by atoms with Crippen LogP contribution in [-0.2, 0) is 16.0 Å². The van der Waals surface area contributed by atoms with Crippen LogP contribution < -0.4 is 5.32 Å². The SMILES string of the molecule is Cc1oncc1C(=O)Nc1nc2c(s1)CC1(C)CCC3C(C)C(=O)OC3C1C2C. The molecule has 2 fully saturated rings. The standard InChI is InChI=1S/C21H25N3O4S/c1-9-12-5-6-21(4)7-14-16(10(2)15(21)17(12)27-19(9)26)23-20(29-14)24-18(25)13-8-22-28-11(13)3/h8-10,12,15,17H,5-7H2,1-4H3,(H,23,24,25). The number of esters is 1. The molecule has 6 atom stereocenters. The second-order valence-corrected chi connectivity index (χ2v) is 10.2. The summed E-state index contributed by atoms with van der Waals surface area (Å²) in [7, 11) is 0. The van der Waals surface area contributed by atoms with E-state index in [1.165, 1.54) is 11.1 Å². The Kier molecular flexibility index (Phi) is 4.14. The van der Waals surface area contributed by atoms with Crippen molar-refractivity contribution in [2.24, 2.45) is 23.2 Å². The van der Waals surface area contributed by atoms with Crippen LogP contribution in [-0.4, -0.2) is 28.1 Å². The van der Waals surface area contributed by atoms with Crippen molar-refractivity contribution in [3.05, 3.63) is 28.1 Å². The predicted molar refractivity (Wildman–Crippen MR) is 107 cm³/mol. The number of carbonyl (C=O) groups is 2. The second-order valence-electron chi connectivity index (χ2n) is 9.12. The summed E-state index contributed by atoms with van der Waals surface area (Å²) in [6.45, 7) is 8.22. The van der Waals surface area contributed by atoms with Gasteiger partial charge in [-0.05, 0) is 31.6 Å². The normalized spacial score (nSPS) is 35.4. The van der Waals surface area contributed by atoms with E-state index >= 15 is 0 Å². The monoisotopic (exact) mass is 415 g/mol. The quantitative estimate of drug-likeness (QED) is 0.747. The smallest absolute Gasteiger partial charge is 0.309 e. The van der Waals surface area contributed by atoms with Crippen molar-refractivity contribution in [3.8, 4) is 0 Å². The maximum atomic E-state index is 12.5. The first-order valence-electron chi connectivity index (χ1n) is 10.2. The van der Waals surface area contributed by atoms with Gasteiger partial charge in [0.25, 0.3) is 5.91 Å². The van der Waals surface area contributed by atoms with Crippen LogP contribution in [0.15, 0.2) is 10.7 Å². The molecule has 0 aromatic carbocycles. The van der Waals surface area contributed by atoms with Gasteiger partial charge in [-0.25, -0.2) is 4.98 Å². The molecule has 1 amide bonds. The number of ether oxygens (including phenoxy) is 1. The fourth-order valence-electron chi connectivity index (χ4n) is 5.81. The minimum Gasteiger partial charge on any atom is -0.461 e. The predicted octanol–water partition coefficient (Wildman–Crippen LogP) is 3.95. The molecule has 1 N–H and O–H groups in total. The summed E-state index contributed by atoms with van der Waals surface area (Å²) in [6.07, 6.45) is 4.42. The van der Waals surface area contributed by atoms with Gasteiger partial charge < -0.3 is 9.26 Å². The minimum atomic E-state index is -0.260. The molecule has 0 spiro atoms. The Morgan fingerprint density at radius 3 is 2.86 bits per heavy atom. The van der Waals surface area contributed by atoms with Crippen LogP contribution in [0.25, 0.3) is 0 Å². The molecule has 1 saturated heterocycles.